The van der Waals surface area contributed by atoms with Crippen molar-refractivity contribution in [1.82, 2.24) is 33.6 Å². The normalized spacial score (nSPS) is 36.5. The highest BCUT2D eigenvalue weighted by molar-refractivity contribution is 8.07. The number of imidazole rings is 1. The molecule has 0 radical (unpaired) electrons. The molecule has 4 aliphatic rings. The minimum Gasteiger partial charge on any atom is -0.395 e. The monoisotopic (exact) mass is 759 g/mol. The van der Waals surface area contributed by atoms with Crippen molar-refractivity contribution in [1.29, 1.82) is 0 Å². The van der Waals surface area contributed by atoms with Gasteiger partial charge in [0.2, 0.25) is 0 Å². The first-order chi connectivity index (χ1) is 23.9. The zero-order chi connectivity index (χ0) is 34.9. The number of hydrogen-bond acceptors (Lipinski definition) is 15. The van der Waals surface area contributed by atoms with Crippen LogP contribution in [0, 0.1) is 0 Å². The summed E-state index contributed by atoms with van der Waals surface area (Å²) in [6, 6.07) is 0. The van der Waals surface area contributed by atoms with Crippen LogP contribution in [0.5, 0.6) is 0 Å². The summed E-state index contributed by atoms with van der Waals surface area (Å²) in [7, 11) is -5.08. The maximum atomic E-state index is 16.4. The Morgan fingerprint density at radius 1 is 0.940 bits per heavy atom. The number of aliphatic hydroxyl groups is 2. The van der Waals surface area contributed by atoms with Crippen molar-refractivity contribution in [2.24, 2.45) is 0 Å². The molecule has 23 heteroatoms. The summed E-state index contributed by atoms with van der Waals surface area (Å²) in [6.45, 7) is -6.06. The van der Waals surface area contributed by atoms with Gasteiger partial charge < -0.3 is 38.6 Å². The Morgan fingerprint density at radius 3 is 2.54 bits per heavy atom. The molecule has 10 atom stereocenters. The lowest BCUT2D eigenvalue weighted by atomic mass is 10.1. The molecule has 4 aromatic heterocycles. The first-order valence-electron chi connectivity index (χ1n) is 15.8. The minimum atomic E-state index is -5.08. The number of aliphatic hydroxyl groups excluding tert-OH is 2. The van der Waals surface area contributed by atoms with E-state index < -0.39 is 82.5 Å². The Bertz CT molecular complexity index is 2100. The van der Waals surface area contributed by atoms with E-state index in [0.717, 1.165) is 40.5 Å². The SMILES string of the molecule is O=c1c2ncn([C@@H]3O[C@@H]4COP(=O)(O)O[C@H]5[C@@H](F)[C@H](n6cc7c8c(ncnc86)CCCC7)O[C@@H]5COP(O)(=S)O[C@@H]3[C@@H]4O)c2ncn1CCO. The molecule has 0 spiro atoms. The van der Waals surface area contributed by atoms with E-state index in [9.17, 15) is 29.4 Å². The molecule has 0 aromatic carbocycles. The second-order valence-electron chi connectivity index (χ2n) is 12.3. The number of alkyl halides is 1. The molecule has 3 saturated heterocycles. The third kappa shape index (κ3) is 6.07. The number of aromatic nitrogens is 7. The lowest BCUT2D eigenvalue weighted by Gasteiger charge is -2.27. The molecule has 270 valence electrons. The van der Waals surface area contributed by atoms with Gasteiger partial charge in [-0.3, -0.25) is 27.5 Å². The van der Waals surface area contributed by atoms with Crippen molar-refractivity contribution in [2.45, 2.75) is 81.4 Å². The predicted octanol–water partition coefficient (Wildman–Crippen LogP) is 0.537. The molecule has 3 fully saturated rings. The number of ether oxygens (including phenoxy) is 2. The third-order valence-electron chi connectivity index (χ3n) is 9.21. The Labute approximate surface area is 286 Å². The maximum Gasteiger partial charge on any atom is 0.472 e. The van der Waals surface area contributed by atoms with Crippen molar-refractivity contribution >= 4 is 48.5 Å². The number of hydrogen-bond donors (Lipinski definition) is 4. The predicted molar refractivity (Wildman–Crippen MR) is 170 cm³/mol. The summed E-state index contributed by atoms with van der Waals surface area (Å²) >= 11 is 5.28. The van der Waals surface area contributed by atoms with Gasteiger partial charge in [-0.1, -0.05) is 0 Å². The first kappa shape index (κ1) is 34.5. The summed E-state index contributed by atoms with van der Waals surface area (Å²) in [5.74, 6) is 0. The molecule has 1 aliphatic carbocycles. The molecule has 4 N–H and O–H groups in total. The van der Waals surface area contributed by atoms with E-state index in [1.165, 1.54) is 28.1 Å². The van der Waals surface area contributed by atoms with E-state index in [1.807, 2.05) is 0 Å². The van der Waals surface area contributed by atoms with Gasteiger partial charge in [-0.25, -0.2) is 28.9 Å². The molecule has 7 heterocycles. The Balaban J connectivity index is 1.10. The highest BCUT2D eigenvalue weighted by Gasteiger charge is 2.54. The lowest BCUT2D eigenvalue weighted by molar-refractivity contribution is -0.0634. The fraction of sp³-hybridized carbons (Fsp3) is 0.593. The van der Waals surface area contributed by atoms with Gasteiger partial charge in [0.15, 0.2) is 29.8 Å². The van der Waals surface area contributed by atoms with Crippen LogP contribution in [0.2, 0.25) is 0 Å². The largest absolute Gasteiger partial charge is 0.472 e. The maximum absolute atomic E-state index is 16.4. The second kappa shape index (κ2) is 13.1. The smallest absolute Gasteiger partial charge is 0.395 e. The molecular weight excluding hydrogens is 727 g/mol. The van der Waals surface area contributed by atoms with Gasteiger partial charge in [-0.05, 0) is 43.1 Å². The topological polar surface area (TPSA) is 237 Å². The molecule has 8 rings (SSSR count). The average molecular weight is 760 g/mol. The van der Waals surface area contributed by atoms with Crippen LogP contribution in [0.1, 0.15) is 36.6 Å². The Hall–Kier alpha value is -2.62. The summed E-state index contributed by atoms with van der Waals surface area (Å²) in [5, 5.41) is 21.3. The number of fused-ring (bicyclic) bond motifs is 4. The number of rotatable bonds is 4. The number of nitrogens with zero attached hydrogens (tertiary/aromatic N) is 7. The van der Waals surface area contributed by atoms with Gasteiger partial charge in [-0.15, -0.1) is 0 Å². The molecule has 2 unspecified atom stereocenters. The molecule has 50 heavy (non-hydrogen) atoms. The Kier molecular flexibility index (Phi) is 9.03. The number of halogens is 1. The molecule has 2 bridgehead atoms. The van der Waals surface area contributed by atoms with Crippen molar-refractivity contribution < 1.29 is 56.5 Å². The van der Waals surface area contributed by atoms with Crippen LogP contribution < -0.4 is 5.56 Å². The summed E-state index contributed by atoms with van der Waals surface area (Å²) in [5.41, 5.74) is 1.52. The van der Waals surface area contributed by atoms with Crippen molar-refractivity contribution in [3.05, 3.63) is 46.8 Å². The molecule has 0 amide bonds. The zero-order valence-corrected chi connectivity index (χ0v) is 28.6. The molecule has 0 saturated carbocycles. The zero-order valence-electron chi connectivity index (χ0n) is 26.0. The summed E-state index contributed by atoms with van der Waals surface area (Å²) in [4.78, 5) is 52.0. The van der Waals surface area contributed by atoms with Gasteiger partial charge >= 0.3 is 14.5 Å². The quantitative estimate of drug-likeness (QED) is 0.208. The van der Waals surface area contributed by atoms with E-state index in [0.29, 0.717) is 12.1 Å². The van der Waals surface area contributed by atoms with Crippen LogP contribution in [0.4, 0.5) is 4.39 Å². The van der Waals surface area contributed by atoms with Gasteiger partial charge in [0.25, 0.3) is 5.56 Å². The fourth-order valence-electron chi connectivity index (χ4n) is 6.89. The first-order valence-corrected chi connectivity index (χ1v) is 19.8. The van der Waals surface area contributed by atoms with Crippen molar-refractivity contribution in [3.8, 4) is 0 Å². The third-order valence-corrected chi connectivity index (χ3v) is 11.8. The Morgan fingerprint density at radius 2 is 1.72 bits per heavy atom. The standard InChI is InChI=1S/C27H32FN7O12P2S/c28-18-21-16(45-26(18)34-7-13-3-1-2-4-14-17(13)23(34)30-10-29-14)9-43-49(41,50)47-22-20(37)15(8-42-48(39,40)46-21)44-27(22)35-12-31-19-24(35)32-11-33(5-6-36)25(19)38/h7,10-12,15-16,18,20-22,26-27,36-37H,1-6,8-9H2,(H,39,40)(H,41,50)/t15-,16-,18-,20-,21-,22-,26-,27-,49?/m1/s1. The van der Waals surface area contributed by atoms with Crippen LogP contribution >= 0.6 is 14.5 Å². The van der Waals surface area contributed by atoms with Crippen LogP contribution in [0.15, 0.2) is 30.0 Å². The van der Waals surface area contributed by atoms with Gasteiger partial charge in [0.1, 0.15) is 48.8 Å². The van der Waals surface area contributed by atoms with E-state index >= 15 is 4.39 Å². The lowest BCUT2D eigenvalue weighted by Crippen LogP contribution is -2.35. The van der Waals surface area contributed by atoms with Gasteiger partial charge in [0.05, 0.1) is 38.4 Å². The van der Waals surface area contributed by atoms with Crippen LogP contribution in [0.3, 0.4) is 0 Å². The number of phosphoric ester groups is 1. The molecule has 19 nitrogen and oxygen atoms in total. The van der Waals surface area contributed by atoms with E-state index in [2.05, 4.69) is 19.9 Å². The summed E-state index contributed by atoms with van der Waals surface area (Å²) in [6.07, 6.45) is -3.68. The highest BCUT2D eigenvalue weighted by atomic mass is 32.5. The highest BCUT2D eigenvalue weighted by Crippen LogP contribution is 2.54. The second-order valence-corrected chi connectivity index (χ2v) is 16.5. The van der Waals surface area contributed by atoms with Gasteiger partial charge in [0, 0.05) is 11.6 Å². The van der Waals surface area contributed by atoms with Crippen molar-refractivity contribution in [3.63, 3.8) is 0 Å². The van der Waals surface area contributed by atoms with Crippen molar-refractivity contribution in [2.75, 3.05) is 19.8 Å². The van der Waals surface area contributed by atoms with E-state index in [4.69, 9.17) is 39.4 Å². The van der Waals surface area contributed by atoms with E-state index in [1.54, 1.807) is 6.20 Å². The number of phosphoric acid groups is 1. The van der Waals surface area contributed by atoms with Crippen LogP contribution in [0.25, 0.3) is 22.2 Å². The van der Waals surface area contributed by atoms with Crippen LogP contribution in [-0.4, -0.2) is 110 Å². The number of aryl methyl sites for hydroxylation is 2. The average Bonchev–Trinajstić information content (AvgIpc) is 3.78. The summed E-state index contributed by atoms with van der Waals surface area (Å²) < 4.78 is 67.4. The molecular formula is C27H32FN7O12P2S. The molecule has 4 aromatic rings. The fourth-order valence-corrected chi connectivity index (χ4v) is 9.25. The van der Waals surface area contributed by atoms with Gasteiger partial charge in [-0.2, -0.15) is 0 Å². The molecule has 3 aliphatic heterocycles. The minimum absolute atomic E-state index is 0.00676. The van der Waals surface area contributed by atoms with E-state index in [-0.39, 0.29) is 24.3 Å². The van der Waals surface area contributed by atoms with Crippen LogP contribution in [-0.2, 0) is 63.3 Å².